The summed E-state index contributed by atoms with van der Waals surface area (Å²) in [5.41, 5.74) is 1.30. The summed E-state index contributed by atoms with van der Waals surface area (Å²) in [6, 6.07) is 3.69. The lowest BCUT2D eigenvalue weighted by Crippen LogP contribution is -2.54. The number of carbonyl (C=O) groups is 2. The number of pyridine rings is 1. The maximum atomic E-state index is 11.3. The Morgan fingerprint density at radius 3 is 2.54 bits per heavy atom. The summed E-state index contributed by atoms with van der Waals surface area (Å²) >= 11 is 0. The van der Waals surface area contributed by atoms with Crippen LogP contribution in [0.1, 0.15) is 45.6 Å². The lowest BCUT2D eigenvalue weighted by atomic mass is 10.1. The van der Waals surface area contributed by atoms with Crippen LogP contribution in [0.4, 0.5) is 0 Å². The first-order valence-electron chi connectivity index (χ1n) is 8.40. The fraction of sp³-hybridized carbons (Fsp3) is 0.611. The van der Waals surface area contributed by atoms with Crippen LogP contribution in [0.15, 0.2) is 24.5 Å². The first-order valence-corrected chi connectivity index (χ1v) is 8.40. The number of hydrogen-bond donors (Lipinski definition) is 1. The predicted octanol–water partition coefficient (Wildman–Crippen LogP) is 2.21. The fourth-order valence-corrected chi connectivity index (χ4v) is 2.04. The number of carbonyl (C=O) groups excluding carboxylic acids is 2. The van der Waals surface area contributed by atoms with Crippen molar-refractivity contribution >= 4 is 11.9 Å². The molecule has 1 aliphatic rings. The number of amides is 1. The first kappa shape index (κ1) is 22.1. The zero-order valence-corrected chi connectivity index (χ0v) is 15.7. The Labute approximate surface area is 145 Å². The van der Waals surface area contributed by atoms with Gasteiger partial charge in [0.2, 0.25) is 5.91 Å². The molecule has 24 heavy (non-hydrogen) atoms. The third kappa shape index (κ3) is 8.06. The van der Waals surface area contributed by atoms with Gasteiger partial charge in [-0.2, -0.15) is 0 Å². The number of ether oxygens (including phenoxy) is 1. The second kappa shape index (κ2) is 12.5. The summed E-state index contributed by atoms with van der Waals surface area (Å²) in [4.78, 5) is 28.1. The molecule has 2 rings (SSSR count). The van der Waals surface area contributed by atoms with Crippen LogP contribution in [0.25, 0.3) is 0 Å². The van der Waals surface area contributed by atoms with Crippen LogP contribution in [-0.4, -0.2) is 55.0 Å². The fourth-order valence-electron chi connectivity index (χ4n) is 2.04. The van der Waals surface area contributed by atoms with Gasteiger partial charge >= 0.3 is 5.97 Å². The molecule has 1 aromatic heterocycles. The van der Waals surface area contributed by atoms with Crippen LogP contribution >= 0.6 is 0 Å². The van der Waals surface area contributed by atoms with Gasteiger partial charge in [0.05, 0.1) is 19.6 Å². The Bertz CT molecular complexity index is 478. The number of rotatable bonds is 3. The number of nitrogens with zero attached hydrogens (tertiary/aromatic N) is 2. The molecular weight excluding hydrogens is 306 g/mol. The van der Waals surface area contributed by atoms with Gasteiger partial charge in [-0.1, -0.05) is 33.8 Å². The average molecular weight is 337 g/mol. The highest BCUT2D eigenvalue weighted by molar-refractivity contribution is 5.87. The SMILES string of the molecule is CC.CC(C)c1cccnc1.COC(=O)CC1C(=O)NCCN1C. The van der Waals surface area contributed by atoms with Crippen molar-refractivity contribution in [3.63, 3.8) is 0 Å². The first-order chi connectivity index (χ1) is 11.5. The number of hydrogen-bond acceptors (Lipinski definition) is 5. The van der Waals surface area contributed by atoms with Gasteiger partial charge in [-0.25, -0.2) is 0 Å². The molecule has 1 amide bonds. The molecule has 6 nitrogen and oxygen atoms in total. The van der Waals surface area contributed by atoms with Crippen molar-refractivity contribution in [2.45, 2.75) is 46.1 Å². The van der Waals surface area contributed by atoms with Crippen molar-refractivity contribution in [1.82, 2.24) is 15.2 Å². The monoisotopic (exact) mass is 337 g/mol. The smallest absolute Gasteiger partial charge is 0.307 e. The number of aromatic nitrogens is 1. The topological polar surface area (TPSA) is 71.5 Å². The normalized spacial score (nSPS) is 17.0. The largest absolute Gasteiger partial charge is 0.469 e. The number of likely N-dealkylation sites (N-methyl/N-ethyl adjacent to an activating group) is 1. The lowest BCUT2D eigenvalue weighted by molar-refractivity contribution is -0.145. The van der Waals surface area contributed by atoms with Gasteiger partial charge < -0.3 is 10.1 Å². The predicted molar refractivity (Wildman–Crippen MR) is 95.7 cm³/mol. The van der Waals surface area contributed by atoms with E-state index in [0.29, 0.717) is 12.5 Å². The van der Waals surface area contributed by atoms with E-state index in [1.54, 1.807) is 6.20 Å². The quantitative estimate of drug-likeness (QED) is 0.856. The van der Waals surface area contributed by atoms with Crippen molar-refractivity contribution in [2.24, 2.45) is 0 Å². The van der Waals surface area contributed by atoms with Crippen LogP contribution in [0.3, 0.4) is 0 Å². The maximum Gasteiger partial charge on any atom is 0.307 e. The number of piperazine rings is 1. The Kier molecular flexibility index (Phi) is 11.5. The summed E-state index contributed by atoms with van der Waals surface area (Å²) in [6.45, 7) is 9.74. The Balaban J connectivity index is 0.000000420. The standard InChI is InChI=1S/C8H14N2O3.C8H11N.C2H6/c1-10-4-3-9-8(12)6(10)5-7(11)13-2;1-7(2)8-4-3-5-9-6-8;1-2/h6H,3-5H2,1-2H3,(H,9,12);3-7H,1-2H3;1-2H3. The summed E-state index contributed by atoms with van der Waals surface area (Å²) in [5, 5.41) is 2.70. The van der Waals surface area contributed by atoms with Crippen LogP contribution < -0.4 is 5.32 Å². The van der Waals surface area contributed by atoms with E-state index in [1.807, 2.05) is 38.1 Å². The average Bonchev–Trinajstić information content (AvgIpc) is 2.61. The lowest BCUT2D eigenvalue weighted by Gasteiger charge is -2.30. The van der Waals surface area contributed by atoms with E-state index in [0.717, 1.165) is 6.54 Å². The Hall–Kier alpha value is -1.95. The van der Waals surface area contributed by atoms with Gasteiger partial charge in [-0.15, -0.1) is 0 Å². The molecule has 0 radical (unpaired) electrons. The summed E-state index contributed by atoms with van der Waals surface area (Å²) in [6.07, 6.45) is 3.83. The van der Waals surface area contributed by atoms with E-state index in [1.165, 1.54) is 12.7 Å². The molecule has 0 aliphatic carbocycles. The molecule has 2 heterocycles. The minimum atomic E-state index is -0.374. The number of methoxy groups -OCH3 is 1. The van der Waals surface area contributed by atoms with Crippen LogP contribution in [-0.2, 0) is 14.3 Å². The molecule has 1 unspecified atom stereocenters. The molecule has 1 fully saturated rings. The van der Waals surface area contributed by atoms with Gasteiger partial charge in [-0.05, 0) is 24.6 Å². The second-order valence-electron chi connectivity index (χ2n) is 5.51. The van der Waals surface area contributed by atoms with E-state index in [2.05, 4.69) is 35.0 Å². The highest BCUT2D eigenvalue weighted by atomic mass is 16.5. The summed E-state index contributed by atoms with van der Waals surface area (Å²) < 4.78 is 4.50. The second-order valence-corrected chi connectivity index (χ2v) is 5.51. The molecule has 1 aromatic rings. The van der Waals surface area contributed by atoms with Crippen LogP contribution in [0, 0.1) is 0 Å². The van der Waals surface area contributed by atoms with E-state index in [9.17, 15) is 9.59 Å². The highest BCUT2D eigenvalue weighted by Crippen LogP contribution is 2.10. The molecule has 1 atom stereocenters. The third-order valence-electron chi connectivity index (χ3n) is 3.54. The minimum Gasteiger partial charge on any atom is -0.469 e. The molecule has 136 valence electrons. The van der Waals surface area contributed by atoms with Crippen molar-refractivity contribution < 1.29 is 14.3 Å². The maximum absolute atomic E-state index is 11.3. The van der Waals surface area contributed by atoms with Gasteiger partial charge in [0.1, 0.15) is 0 Å². The molecule has 0 spiro atoms. The zero-order valence-electron chi connectivity index (χ0n) is 15.7. The molecule has 1 aliphatic heterocycles. The van der Waals surface area contributed by atoms with Gasteiger partial charge in [0.25, 0.3) is 0 Å². The molecule has 0 aromatic carbocycles. The molecule has 6 heteroatoms. The third-order valence-corrected chi connectivity index (χ3v) is 3.54. The van der Waals surface area contributed by atoms with Gasteiger partial charge in [-0.3, -0.25) is 19.5 Å². The van der Waals surface area contributed by atoms with Crippen molar-refractivity contribution in [3.05, 3.63) is 30.1 Å². The molecular formula is C18H31N3O3. The molecule has 0 bridgehead atoms. The minimum absolute atomic E-state index is 0.0980. The van der Waals surface area contributed by atoms with E-state index in [-0.39, 0.29) is 24.3 Å². The van der Waals surface area contributed by atoms with E-state index in [4.69, 9.17) is 0 Å². The highest BCUT2D eigenvalue weighted by Gasteiger charge is 2.29. The van der Waals surface area contributed by atoms with E-state index >= 15 is 0 Å². The summed E-state index contributed by atoms with van der Waals surface area (Å²) in [7, 11) is 3.15. The van der Waals surface area contributed by atoms with Crippen LogP contribution in [0.5, 0.6) is 0 Å². The van der Waals surface area contributed by atoms with Crippen molar-refractivity contribution in [2.75, 3.05) is 27.2 Å². The molecule has 0 saturated carbocycles. The Morgan fingerprint density at radius 1 is 1.46 bits per heavy atom. The van der Waals surface area contributed by atoms with Crippen LogP contribution in [0.2, 0.25) is 0 Å². The molecule has 1 N–H and O–H groups in total. The Morgan fingerprint density at radius 2 is 2.12 bits per heavy atom. The summed E-state index contributed by atoms with van der Waals surface area (Å²) in [5.74, 6) is 0.145. The van der Waals surface area contributed by atoms with Crippen molar-refractivity contribution in [1.29, 1.82) is 0 Å². The van der Waals surface area contributed by atoms with Crippen molar-refractivity contribution in [3.8, 4) is 0 Å². The number of esters is 1. The number of nitrogens with one attached hydrogen (secondary N) is 1. The zero-order chi connectivity index (χ0) is 18.5. The van der Waals surface area contributed by atoms with Gasteiger partial charge in [0, 0.05) is 25.5 Å². The molecule has 1 saturated heterocycles. The van der Waals surface area contributed by atoms with Gasteiger partial charge in [0.15, 0.2) is 0 Å². The van der Waals surface area contributed by atoms with E-state index < -0.39 is 0 Å².